The predicted octanol–water partition coefficient (Wildman–Crippen LogP) is 4.80. The highest BCUT2D eigenvalue weighted by atomic mass is 16.5. The van der Waals surface area contributed by atoms with E-state index < -0.39 is 0 Å². The van der Waals surface area contributed by atoms with Gasteiger partial charge in [0.25, 0.3) is 0 Å². The van der Waals surface area contributed by atoms with E-state index in [2.05, 4.69) is 83.0 Å². The number of ether oxygens (including phenoxy) is 1. The van der Waals surface area contributed by atoms with Crippen molar-refractivity contribution in [1.29, 1.82) is 0 Å². The highest BCUT2D eigenvalue weighted by molar-refractivity contribution is 5.63. The van der Waals surface area contributed by atoms with Gasteiger partial charge in [-0.2, -0.15) is 0 Å². The molecule has 4 rings (SSSR count). The van der Waals surface area contributed by atoms with Crippen LogP contribution in [-0.2, 0) is 11.3 Å². The molecular formula is C23H24N2O. The predicted molar refractivity (Wildman–Crippen MR) is 109 cm³/mol. The second kappa shape index (κ2) is 8.07. The number of hydrogen-bond donors (Lipinski definition) is 1. The molecule has 1 saturated heterocycles. The molecule has 132 valence electrons. The summed E-state index contributed by atoms with van der Waals surface area (Å²) in [6, 6.07) is 27.9. The molecule has 3 aromatic carbocycles. The Bertz CT molecular complexity index is 824. The molecule has 0 aromatic heterocycles. The molecule has 1 N–H and O–H groups in total. The van der Waals surface area contributed by atoms with E-state index in [4.69, 9.17) is 4.74 Å². The molecular weight excluding hydrogens is 320 g/mol. The van der Waals surface area contributed by atoms with E-state index in [0.29, 0.717) is 0 Å². The fourth-order valence-corrected chi connectivity index (χ4v) is 3.28. The lowest BCUT2D eigenvalue weighted by atomic mass is 10.0. The van der Waals surface area contributed by atoms with Crippen LogP contribution in [0.2, 0.25) is 0 Å². The molecule has 1 aliphatic rings. The molecule has 3 nitrogen and oxygen atoms in total. The minimum atomic E-state index is 0.811. The molecule has 0 unspecified atom stereocenters. The zero-order chi connectivity index (χ0) is 17.6. The first-order chi connectivity index (χ1) is 12.9. The van der Waals surface area contributed by atoms with E-state index in [1.165, 1.54) is 22.4 Å². The van der Waals surface area contributed by atoms with E-state index in [0.717, 1.165) is 38.5 Å². The lowest BCUT2D eigenvalue weighted by Gasteiger charge is -2.29. The molecule has 0 saturated carbocycles. The summed E-state index contributed by atoms with van der Waals surface area (Å²) in [5, 5.41) is 3.54. The Hall–Kier alpha value is -2.78. The molecule has 0 bridgehead atoms. The smallest absolute Gasteiger partial charge is 0.0642 e. The number of benzene rings is 3. The zero-order valence-corrected chi connectivity index (χ0v) is 14.9. The van der Waals surface area contributed by atoms with E-state index in [1.807, 2.05) is 6.07 Å². The van der Waals surface area contributed by atoms with Gasteiger partial charge >= 0.3 is 0 Å². The number of morpholine rings is 1. The topological polar surface area (TPSA) is 24.5 Å². The first kappa shape index (κ1) is 16.7. The average molecular weight is 344 g/mol. The molecule has 0 radical (unpaired) electrons. The number of nitrogens with zero attached hydrogens (tertiary/aromatic N) is 1. The van der Waals surface area contributed by atoms with Crippen molar-refractivity contribution in [3.8, 4) is 11.1 Å². The van der Waals surface area contributed by atoms with E-state index >= 15 is 0 Å². The largest absolute Gasteiger partial charge is 0.381 e. The maximum Gasteiger partial charge on any atom is 0.0642 e. The minimum Gasteiger partial charge on any atom is -0.381 e. The second-order valence-electron chi connectivity index (χ2n) is 6.57. The van der Waals surface area contributed by atoms with E-state index in [9.17, 15) is 0 Å². The summed E-state index contributed by atoms with van der Waals surface area (Å²) >= 11 is 0. The van der Waals surface area contributed by atoms with Crippen LogP contribution in [-0.4, -0.2) is 26.3 Å². The summed E-state index contributed by atoms with van der Waals surface area (Å²) in [6.45, 7) is 4.37. The van der Waals surface area contributed by atoms with Gasteiger partial charge in [0.1, 0.15) is 0 Å². The van der Waals surface area contributed by atoms with Gasteiger partial charge in [0.05, 0.1) is 13.2 Å². The third kappa shape index (κ3) is 4.06. The van der Waals surface area contributed by atoms with Crippen LogP contribution in [0.15, 0.2) is 78.9 Å². The summed E-state index contributed by atoms with van der Waals surface area (Å²) in [5.74, 6) is 0. The summed E-state index contributed by atoms with van der Waals surface area (Å²) < 4.78 is 5.44. The van der Waals surface area contributed by atoms with Crippen molar-refractivity contribution in [3.05, 3.63) is 84.4 Å². The van der Waals surface area contributed by atoms with Crippen LogP contribution in [0.4, 0.5) is 11.4 Å². The summed E-state index contributed by atoms with van der Waals surface area (Å²) in [5.41, 5.74) is 6.20. The zero-order valence-electron chi connectivity index (χ0n) is 14.9. The number of anilines is 2. The Balaban J connectivity index is 1.39. The molecule has 26 heavy (non-hydrogen) atoms. The fourth-order valence-electron chi connectivity index (χ4n) is 3.28. The monoisotopic (exact) mass is 344 g/mol. The quantitative estimate of drug-likeness (QED) is 0.719. The fraction of sp³-hybridized carbons (Fsp3) is 0.217. The molecule has 0 spiro atoms. The minimum absolute atomic E-state index is 0.811. The van der Waals surface area contributed by atoms with Gasteiger partial charge in [0, 0.05) is 31.0 Å². The molecule has 0 amide bonds. The first-order valence-corrected chi connectivity index (χ1v) is 9.19. The van der Waals surface area contributed by atoms with Gasteiger partial charge in [-0.25, -0.2) is 0 Å². The van der Waals surface area contributed by atoms with Crippen molar-refractivity contribution in [2.24, 2.45) is 0 Å². The van der Waals surface area contributed by atoms with E-state index in [-0.39, 0.29) is 0 Å². The van der Waals surface area contributed by atoms with Crippen LogP contribution >= 0.6 is 0 Å². The van der Waals surface area contributed by atoms with E-state index in [1.54, 1.807) is 0 Å². The van der Waals surface area contributed by atoms with Gasteiger partial charge < -0.3 is 15.0 Å². The van der Waals surface area contributed by atoms with Gasteiger partial charge in [0.15, 0.2) is 0 Å². The van der Waals surface area contributed by atoms with Crippen molar-refractivity contribution in [3.63, 3.8) is 0 Å². The maximum atomic E-state index is 5.44. The second-order valence-corrected chi connectivity index (χ2v) is 6.57. The van der Waals surface area contributed by atoms with Crippen LogP contribution in [0, 0.1) is 0 Å². The lowest BCUT2D eigenvalue weighted by Crippen LogP contribution is -2.36. The normalized spacial score (nSPS) is 14.2. The summed E-state index contributed by atoms with van der Waals surface area (Å²) in [6.07, 6.45) is 0. The Kier molecular flexibility index (Phi) is 5.17. The highest BCUT2D eigenvalue weighted by Gasteiger charge is 2.11. The number of hydrogen-bond acceptors (Lipinski definition) is 3. The standard InChI is InChI=1S/C23H24N2O/c1-2-5-20(6-3-1)21-11-9-19(10-12-21)18-24-22-7-4-8-23(17-22)25-13-15-26-16-14-25/h1-12,17,24H,13-16,18H2. The summed E-state index contributed by atoms with van der Waals surface area (Å²) in [4.78, 5) is 2.38. The lowest BCUT2D eigenvalue weighted by molar-refractivity contribution is 0.122. The Morgan fingerprint density at radius 1 is 0.769 bits per heavy atom. The maximum absolute atomic E-state index is 5.44. The first-order valence-electron chi connectivity index (χ1n) is 9.19. The van der Waals surface area contributed by atoms with Crippen LogP contribution in [0.5, 0.6) is 0 Å². The van der Waals surface area contributed by atoms with Crippen molar-refractivity contribution < 1.29 is 4.74 Å². The third-order valence-electron chi connectivity index (χ3n) is 4.78. The molecule has 0 aliphatic carbocycles. The Morgan fingerprint density at radius 3 is 2.27 bits per heavy atom. The van der Waals surface area contributed by atoms with Crippen LogP contribution in [0.3, 0.4) is 0 Å². The Labute approximate surface area is 155 Å². The highest BCUT2D eigenvalue weighted by Crippen LogP contribution is 2.22. The van der Waals surface area contributed by atoms with Crippen molar-refractivity contribution >= 4 is 11.4 Å². The van der Waals surface area contributed by atoms with Crippen molar-refractivity contribution in [2.75, 3.05) is 36.5 Å². The Morgan fingerprint density at radius 2 is 1.50 bits per heavy atom. The average Bonchev–Trinajstić information content (AvgIpc) is 2.74. The molecule has 1 fully saturated rings. The van der Waals surface area contributed by atoms with Gasteiger partial charge in [0.2, 0.25) is 0 Å². The van der Waals surface area contributed by atoms with Gasteiger partial charge in [-0.15, -0.1) is 0 Å². The van der Waals surface area contributed by atoms with Crippen LogP contribution in [0.25, 0.3) is 11.1 Å². The van der Waals surface area contributed by atoms with Crippen molar-refractivity contribution in [1.82, 2.24) is 0 Å². The molecule has 3 heteroatoms. The molecule has 1 heterocycles. The van der Waals surface area contributed by atoms with Gasteiger partial charge in [-0.3, -0.25) is 0 Å². The van der Waals surface area contributed by atoms with Gasteiger partial charge in [-0.1, -0.05) is 60.7 Å². The molecule has 3 aromatic rings. The number of rotatable bonds is 5. The third-order valence-corrected chi connectivity index (χ3v) is 4.78. The van der Waals surface area contributed by atoms with Crippen molar-refractivity contribution in [2.45, 2.75) is 6.54 Å². The summed E-state index contributed by atoms with van der Waals surface area (Å²) in [7, 11) is 0. The molecule has 0 atom stereocenters. The van der Waals surface area contributed by atoms with Crippen LogP contribution in [0.1, 0.15) is 5.56 Å². The number of nitrogens with one attached hydrogen (secondary N) is 1. The SMILES string of the molecule is c1ccc(-c2ccc(CNc3cccc(N4CCOCC4)c3)cc2)cc1. The molecule has 1 aliphatic heterocycles. The van der Waals surface area contributed by atoms with Crippen LogP contribution < -0.4 is 10.2 Å². The van der Waals surface area contributed by atoms with Gasteiger partial charge in [-0.05, 0) is 34.9 Å².